The van der Waals surface area contributed by atoms with Crippen LogP contribution in [0.4, 0.5) is 5.69 Å². The molecule has 0 amide bonds. The number of hydrogen-bond donors (Lipinski definition) is 1. The summed E-state index contributed by atoms with van der Waals surface area (Å²) in [4.78, 5) is 21.6. The van der Waals surface area contributed by atoms with Crippen LogP contribution < -0.4 is 15.2 Å². The molecular formula is C12H16N2O6. The van der Waals surface area contributed by atoms with Crippen LogP contribution in [0, 0.1) is 10.1 Å². The molecule has 2 N–H and O–H groups in total. The van der Waals surface area contributed by atoms with Crippen LogP contribution in [-0.4, -0.2) is 37.3 Å². The SMILES string of the molecule is CCOC(=O)C(N)COc1ccc(OC)cc1[N+](=O)[O-]. The summed E-state index contributed by atoms with van der Waals surface area (Å²) < 4.78 is 14.8. The molecule has 0 aliphatic rings. The van der Waals surface area contributed by atoms with E-state index in [1.165, 1.54) is 25.3 Å². The Labute approximate surface area is 115 Å². The number of benzene rings is 1. The second-order valence-electron chi connectivity index (χ2n) is 3.76. The predicted octanol–water partition coefficient (Wildman–Crippen LogP) is 0.873. The quantitative estimate of drug-likeness (QED) is 0.449. The van der Waals surface area contributed by atoms with Crippen molar-refractivity contribution in [1.29, 1.82) is 0 Å². The van der Waals surface area contributed by atoms with Crippen molar-refractivity contribution in [3.8, 4) is 11.5 Å². The van der Waals surface area contributed by atoms with E-state index in [0.29, 0.717) is 5.75 Å². The molecule has 0 heterocycles. The zero-order chi connectivity index (χ0) is 15.1. The summed E-state index contributed by atoms with van der Waals surface area (Å²) in [7, 11) is 1.40. The fourth-order valence-electron chi connectivity index (χ4n) is 1.39. The highest BCUT2D eigenvalue weighted by molar-refractivity contribution is 5.75. The zero-order valence-electron chi connectivity index (χ0n) is 11.2. The van der Waals surface area contributed by atoms with Gasteiger partial charge in [0, 0.05) is 0 Å². The standard InChI is InChI=1S/C12H16N2O6/c1-3-19-12(15)9(13)7-20-11-5-4-8(18-2)6-10(11)14(16)17/h4-6,9H,3,7,13H2,1-2H3. The lowest BCUT2D eigenvalue weighted by molar-refractivity contribution is -0.385. The summed E-state index contributed by atoms with van der Waals surface area (Å²) in [6.45, 7) is 1.64. The van der Waals surface area contributed by atoms with Crippen LogP contribution in [0.5, 0.6) is 11.5 Å². The molecule has 0 radical (unpaired) electrons. The average molecular weight is 284 g/mol. The summed E-state index contributed by atoms with van der Waals surface area (Å²) in [6, 6.07) is 3.12. The molecule has 0 aromatic heterocycles. The highest BCUT2D eigenvalue weighted by atomic mass is 16.6. The number of nitrogens with zero attached hydrogens (tertiary/aromatic N) is 1. The number of esters is 1. The molecule has 20 heavy (non-hydrogen) atoms. The summed E-state index contributed by atoms with van der Waals surface area (Å²) in [5.41, 5.74) is 5.28. The lowest BCUT2D eigenvalue weighted by Gasteiger charge is -2.12. The van der Waals surface area contributed by atoms with Gasteiger partial charge in [-0.05, 0) is 19.1 Å². The van der Waals surface area contributed by atoms with Crippen molar-refractivity contribution >= 4 is 11.7 Å². The van der Waals surface area contributed by atoms with Crippen LogP contribution in [0.25, 0.3) is 0 Å². The number of ether oxygens (including phenoxy) is 3. The molecule has 0 saturated heterocycles. The number of nitro groups is 1. The van der Waals surface area contributed by atoms with E-state index < -0.39 is 16.9 Å². The lowest BCUT2D eigenvalue weighted by atomic mass is 10.2. The van der Waals surface area contributed by atoms with Crippen molar-refractivity contribution in [3.05, 3.63) is 28.3 Å². The van der Waals surface area contributed by atoms with Crippen LogP contribution in [-0.2, 0) is 9.53 Å². The summed E-state index contributed by atoms with van der Waals surface area (Å²) in [5.74, 6) is -0.280. The van der Waals surface area contributed by atoms with Crippen LogP contribution in [0.2, 0.25) is 0 Å². The minimum atomic E-state index is -1.00. The van der Waals surface area contributed by atoms with Crippen LogP contribution >= 0.6 is 0 Å². The van der Waals surface area contributed by atoms with Crippen LogP contribution in [0.1, 0.15) is 6.92 Å². The Morgan fingerprint density at radius 2 is 2.20 bits per heavy atom. The maximum atomic E-state index is 11.3. The molecular weight excluding hydrogens is 268 g/mol. The fraction of sp³-hybridized carbons (Fsp3) is 0.417. The Morgan fingerprint density at radius 3 is 2.75 bits per heavy atom. The second-order valence-corrected chi connectivity index (χ2v) is 3.76. The van der Waals surface area contributed by atoms with E-state index >= 15 is 0 Å². The number of carbonyl (C=O) groups is 1. The molecule has 0 saturated carbocycles. The minimum absolute atomic E-state index is 0.00977. The monoisotopic (exact) mass is 284 g/mol. The molecule has 110 valence electrons. The average Bonchev–Trinajstić information content (AvgIpc) is 2.44. The topological polar surface area (TPSA) is 114 Å². The van der Waals surface area contributed by atoms with Crippen molar-refractivity contribution in [2.24, 2.45) is 5.73 Å². The summed E-state index contributed by atoms with van der Waals surface area (Å²) in [6.07, 6.45) is 0. The van der Waals surface area contributed by atoms with Gasteiger partial charge in [0.25, 0.3) is 0 Å². The Morgan fingerprint density at radius 1 is 1.50 bits per heavy atom. The first kappa shape index (κ1) is 15.7. The molecule has 1 atom stereocenters. The largest absolute Gasteiger partial charge is 0.496 e. The molecule has 0 aliphatic heterocycles. The number of rotatable bonds is 7. The van der Waals surface area contributed by atoms with Crippen molar-refractivity contribution in [1.82, 2.24) is 0 Å². The smallest absolute Gasteiger partial charge is 0.326 e. The van der Waals surface area contributed by atoms with E-state index in [4.69, 9.17) is 19.9 Å². The summed E-state index contributed by atoms with van der Waals surface area (Å²) in [5, 5.41) is 10.9. The Balaban J connectivity index is 2.77. The van der Waals surface area contributed by atoms with E-state index in [1.807, 2.05) is 0 Å². The van der Waals surface area contributed by atoms with Gasteiger partial charge in [0.2, 0.25) is 0 Å². The zero-order valence-corrected chi connectivity index (χ0v) is 11.2. The van der Waals surface area contributed by atoms with E-state index in [-0.39, 0.29) is 24.7 Å². The van der Waals surface area contributed by atoms with Gasteiger partial charge in [0.1, 0.15) is 18.4 Å². The molecule has 8 nitrogen and oxygen atoms in total. The van der Waals surface area contributed by atoms with Crippen molar-refractivity contribution in [2.45, 2.75) is 13.0 Å². The molecule has 0 spiro atoms. The first-order valence-electron chi connectivity index (χ1n) is 5.87. The molecule has 0 bridgehead atoms. The summed E-state index contributed by atoms with van der Waals surface area (Å²) >= 11 is 0. The third-order valence-corrected chi connectivity index (χ3v) is 2.37. The third kappa shape index (κ3) is 4.09. The number of nitro benzene ring substituents is 1. The van der Waals surface area contributed by atoms with Gasteiger partial charge in [-0.2, -0.15) is 0 Å². The molecule has 8 heteroatoms. The Kier molecular flexibility index (Phi) is 5.73. The fourth-order valence-corrected chi connectivity index (χ4v) is 1.39. The van der Waals surface area contributed by atoms with Gasteiger partial charge in [-0.15, -0.1) is 0 Å². The van der Waals surface area contributed by atoms with Gasteiger partial charge < -0.3 is 19.9 Å². The maximum Gasteiger partial charge on any atom is 0.326 e. The number of methoxy groups -OCH3 is 1. The van der Waals surface area contributed by atoms with Crippen LogP contribution in [0.15, 0.2) is 18.2 Å². The van der Waals surface area contributed by atoms with Gasteiger partial charge in [-0.1, -0.05) is 0 Å². The lowest BCUT2D eigenvalue weighted by Crippen LogP contribution is -2.37. The van der Waals surface area contributed by atoms with E-state index in [1.54, 1.807) is 6.92 Å². The number of hydrogen-bond acceptors (Lipinski definition) is 7. The van der Waals surface area contributed by atoms with Gasteiger partial charge in [0.05, 0.1) is 24.7 Å². The van der Waals surface area contributed by atoms with Gasteiger partial charge in [-0.25, -0.2) is 0 Å². The van der Waals surface area contributed by atoms with Gasteiger partial charge in [-0.3, -0.25) is 14.9 Å². The van der Waals surface area contributed by atoms with E-state index in [9.17, 15) is 14.9 Å². The van der Waals surface area contributed by atoms with Gasteiger partial charge in [0.15, 0.2) is 5.75 Å². The predicted molar refractivity (Wildman–Crippen MR) is 69.8 cm³/mol. The molecule has 1 aromatic carbocycles. The first-order chi connectivity index (χ1) is 9.49. The maximum absolute atomic E-state index is 11.3. The van der Waals surface area contributed by atoms with Crippen molar-refractivity contribution < 1.29 is 23.9 Å². The molecule has 1 aromatic rings. The Bertz CT molecular complexity index is 491. The molecule has 0 fully saturated rings. The molecule has 1 rings (SSSR count). The van der Waals surface area contributed by atoms with Crippen molar-refractivity contribution in [2.75, 3.05) is 20.3 Å². The molecule has 1 unspecified atom stereocenters. The van der Waals surface area contributed by atoms with Gasteiger partial charge >= 0.3 is 11.7 Å². The molecule has 0 aliphatic carbocycles. The first-order valence-corrected chi connectivity index (χ1v) is 5.87. The second kappa shape index (κ2) is 7.29. The highest BCUT2D eigenvalue weighted by Gasteiger charge is 2.20. The van der Waals surface area contributed by atoms with Crippen LogP contribution in [0.3, 0.4) is 0 Å². The minimum Gasteiger partial charge on any atom is -0.496 e. The Hall–Kier alpha value is -2.35. The highest BCUT2D eigenvalue weighted by Crippen LogP contribution is 2.30. The van der Waals surface area contributed by atoms with E-state index in [2.05, 4.69) is 0 Å². The normalized spacial score (nSPS) is 11.6. The van der Waals surface area contributed by atoms with Crippen molar-refractivity contribution in [3.63, 3.8) is 0 Å². The van der Waals surface area contributed by atoms with E-state index in [0.717, 1.165) is 0 Å². The third-order valence-electron chi connectivity index (χ3n) is 2.37. The number of nitrogens with two attached hydrogens (primary N) is 1. The number of carbonyl (C=O) groups excluding carboxylic acids is 1.